The highest BCUT2D eigenvalue weighted by Gasteiger charge is 2.30. The molecule has 0 aromatic rings. The molecule has 11 heavy (non-hydrogen) atoms. The van der Waals surface area contributed by atoms with E-state index in [9.17, 15) is 0 Å². The summed E-state index contributed by atoms with van der Waals surface area (Å²) in [7, 11) is 2.03. The van der Waals surface area contributed by atoms with Gasteiger partial charge in [-0.25, -0.2) is 0 Å². The second kappa shape index (κ2) is 3.22. The molecule has 0 saturated heterocycles. The van der Waals surface area contributed by atoms with Crippen molar-refractivity contribution in [2.24, 2.45) is 11.7 Å². The Morgan fingerprint density at radius 3 is 2.64 bits per heavy atom. The van der Waals surface area contributed by atoms with E-state index in [0.29, 0.717) is 12.6 Å². The zero-order valence-corrected chi connectivity index (χ0v) is 7.30. The van der Waals surface area contributed by atoms with Crippen molar-refractivity contribution < 1.29 is 0 Å². The Hall–Kier alpha value is -0.570. The van der Waals surface area contributed by atoms with Gasteiger partial charge in [-0.1, -0.05) is 0 Å². The number of nitrogens with two attached hydrogens (primary N) is 1. The smallest absolute Gasteiger partial charge is 0.105 e. The second-order valence-corrected chi connectivity index (χ2v) is 3.52. The fourth-order valence-electron chi connectivity index (χ4n) is 1.35. The average molecular weight is 155 g/mol. The van der Waals surface area contributed by atoms with Crippen molar-refractivity contribution in [3.63, 3.8) is 0 Å². The van der Waals surface area contributed by atoms with Crippen LogP contribution in [-0.4, -0.2) is 30.4 Å². The highest BCUT2D eigenvalue weighted by molar-refractivity contribution is 5.78. The molecule has 64 valence electrons. The second-order valence-electron chi connectivity index (χ2n) is 3.52. The highest BCUT2D eigenvalue weighted by atomic mass is 15.1. The van der Waals surface area contributed by atoms with Crippen LogP contribution in [0.25, 0.3) is 0 Å². The fourth-order valence-corrected chi connectivity index (χ4v) is 1.35. The molecule has 1 unspecified atom stereocenters. The van der Waals surface area contributed by atoms with Crippen molar-refractivity contribution in [3.05, 3.63) is 0 Å². The quantitative estimate of drug-likeness (QED) is 0.462. The third-order valence-electron chi connectivity index (χ3n) is 2.42. The summed E-state index contributed by atoms with van der Waals surface area (Å²) in [5, 5.41) is 7.12. The molecular formula is C8H17N3. The lowest BCUT2D eigenvalue weighted by atomic mass is 10.2. The van der Waals surface area contributed by atoms with Crippen molar-refractivity contribution in [2.45, 2.75) is 25.8 Å². The van der Waals surface area contributed by atoms with Gasteiger partial charge in [0.1, 0.15) is 5.84 Å². The molecule has 3 nitrogen and oxygen atoms in total. The topological polar surface area (TPSA) is 53.1 Å². The van der Waals surface area contributed by atoms with E-state index in [2.05, 4.69) is 11.8 Å². The summed E-state index contributed by atoms with van der Waals surface area (Å²) >= 11 is 0. The van der Waals surface area contributed by atoms with Crippen LogP contribution in [-0.2, 0) is 0 Å². The minimum atomic E-state index is 0.264. The fraction of sp³-hybridized carbons (Fsp3) is 0.875. The van der Waals surface area contributed by atoms with Crippen LogP contribution < -0.4 is 5.73 Å². The molecule has 0 aliphatic heterocycles. The monoisotopic (exact) mass is 155 g/mol. The highest BCUT2D eigenvalue weighted by Crippen LogP contribution is 2.34. The minimum Gasteiger partial charge on any atom is -0.387 e. The molecule has 0 aromatic heterocycles. The van der Waals surface area contributed by atoms with Crippen molar-refractivity contribution in [1.29, 1.82) is 5.41 Å². The van der Waals surface area contributed by atoms with Gasteiger partial charge in [0.2, 0.25) is 0 Å². The summed E-state index contributed by atoms with van der Waals surface area (Å²) in [6.07, 6.45) is 2.70. The van der Waals surface area contributed by atoms with Crippen LogP contribution >= 0.6 is 0 Å². The van der Waals surface area contributed by atoms with Gasteiger partial charge in [0, 0.05) is 6.04 Å². The first-order valence-electron chi connectivity index (χ1n) is 4.14. The van der Waals surface area contributed by atoms with Gasteiger partial charge in [0.25, 0.3) is 0 Å². The van der Waals surface area contributed by atoms with E-state index in [1.165, 1.54) is 12.8 Å². The maximum atomic E-state index is 7.12. The van der Waals surface area contributed by atoms with Crippen molar-refractivity contribution in [3.8, 4) is 0 Å². The van der Waals surface area contributed by atoms with Crippen LogP contribution in [0.1, 0.15) is 19.8 Å². The van der Waals surface area contributed by atoms with E-state index < -0.39 is 0 Å². The lowest BCUT2D eigenvalue weighted by Crippen LogP contribution is -2.37. The predicted molar refractivity (Wildman–Crippen MR) is 46.7 cm³/mol. The van der Waals surface area contributed by atoms with Crippen molar-refractivity contribution in [2.75, 3.05) is 13.6 Å². The van der Waals surface area contributed by atoms with Crippen molar-refractivity contribution >= 4 is 5.84 Å². The molecule has 1 saturated carbocycles. The Balaban J connectivity index is 2.26. The lowest BCUT2D eigenvalue weighted by Gasteiger charge is -2.23. The van der Waals surface area contributed by atoms with E-state index in [0.717, 1.165) is 5.92 Å². The SMILES string of the molecule is CC(C1CC1)N(C)CC(=N)N. The van der Waals surface area contributed by atoms with E-state index >= 15 is 0 Å². The first-order chi connectivity index (χ1) is 5.11. The zero-order valence-electron chi connectivity index (χ0n) is 7.30. The third-order valence-corrected chi connectivity index (χ3v) is 2.42. The molecule has 3 heteroatoms. The minimum absolute atomic E-state index is 0.264. The van der Waals surface area contributed by atoms with Gasteiger partial charge < -0.3 is 5.73 Å². The van der Waals surface area contributed by atoms with E-state index in [4.69, 9.17) is 11.1 Å². The molecule has 0 radical (unpaired) electrons. The summed E-state index contributed by atoms with van der Waals surface area (Å²) in [5.41, 5.74) is 5.29. The normalized spacial score (nSPS) is 20.3. The summed E-state index contributed by atoms with van der Waals surface area (Å²) < 4.78 is 0. The molecule has 1 atom stereocenters. The number of rotatable bonds is 4. The van der Waals surface area contributed by atoms with E-state index in [-0.39, 0.29) is 5.84 Å². The van der Waals surface area contributed by atoms with Gasteiger partial charge in [-0.05, 0) is 32.7 Å². The Labute approximate surface area is 68.1 Å². The maximum Gasteiger partial charge on any atom is 0.105 e. The Kier molecular flexibility index (Phi) is 2.49. The summed E-state index contributed by atoms with van der Waals surface area (Å²) in [6.45, 7) is 2.82. The van der Waals surface area contributed by atoms with Gasteiger partial charge in [-0.3, -0.25) is 10.3 Å². The standard InChI is InChI=1S/C8H17N3/c1-6(7-3-4-7)11(2)5-8(9)10/h6-7H,3-5H2,1-2H3,(H3,9,10). The van der Waals surface area contributed by atoms with Gasteiger partial charge >= 0.3 is 0 Å². The van der Waals surface area contributed by atoms with Gasteiger partial charge in [-0.2, -0.15) is 0 Å². The first-order valence-corrected chi connectivity index (χ1v) is 4.14. The van der Waals surface area contributed by atoms with Gasteiger partial charge in [0.05, 0.1) is 6.54 Å². The Bertz CT molecular complexity index is 151. The molecule has 3 N–H and O–H groups in total. The number of hydrogen-bond donors (Lipinski definition) is 2. The summed E-state index contributed by atoms with van der Waals surface area (Å²) in [4.78, 5) is 2.15. The van der Waals surface area contributed by atoms with Gasteiger partial charge in [-0.15, -0.1) is 0 Å². The number of nitrogens with one attached hydrogen (secondary N) is 1. The molecule has 1 aliphatic carbocycles. The van der Waals surface area contributed by atoms with Crippen LogP contribution in [0.4, 0.5) is 0 Å². The number of hydrogen-bond acceptors (Lipinski definition) is 2. The molecule has 0 spiro atoms. The molecule has 1 fully saturated rings. The molecule has 1 aliphatic rings. The largest absolute Gasteiger partial charge is 0.387 e. The molecule has 0 heterocycles. The summed E-state index contributed by atoms with van der Waals surface area (Å²) in [5.74, 6) is 1.12. The predicted octanol–water partition coefficient (Wildman–Crippen LogP) is 0.653. The Morgan fingerprint density at radius 2 is 2.27 bits per heavy atom. The van der Waals surface area contributed by atoms with E-state index in [1.807, 2.05) is 7.05 Å². The van der Waals surface area contributed by atoms with Crippen LogP contribution in [0.3, 0.4) is 0 Å². The third kappa shape index (κ3) is 2.50. The molecule has 0 aromatic carbocycles. The molecule has 1 rings (SSSR count). The lowest BCUT2D eigenvalue weighted by molar-refractivity contribution is 0.264. The van der Waals surface area contributed by atoms with Crippen LogP contribution in [0.15, 0.2) is 0 Å². The molecule has 0 bridgehead atoms. The number of amidine groups is 1. The molecular weight excluding hydrogens is 138 g/mol. The first kappa shape index (κ1) is 8.53. The van der Waals surface area contributed by atoms with Crippen LogP contribution in [0.2, 0.25) is 0 Å². The number of nitrogens with zero attached hydrogens (tertiary/aromatic N) is 1. The molecule has 0 amide bonds. The van der Waals surface area contributed by atoms with E-state index in [1.54, 1.807) is 0 Å². The number of likely N-dealkylation sites (N-methyl/N-ethyl adjacent to an activating group) is 1. The van der Waals surface area contributed by atoms with Crippen LogP contribution in [0.5, 0.6) is 0 Å². The maximum absolute atomic E-state index is 7.12. The summed E-state index contributed by atoms with van der Waals surface area (Å²) in [6, 6.07) is 0.596. The van der Waals surface area contributed by atoms with Crippen LogP contribution in [0, 0.1) is 11.3 Å². The Morgan fingerprint density at radius 1 is 1.73 bits per heavy atom. The van der Waals surface area contributed by atoms with Gasteiger partial charge in [0.15, 0.2) is 0 Å². The zero-order chi connectivity index (χ0) is 8.43. The van der Waals surface area contributed by atoms with Crippen molar-refractivity contribution in [1.82, 2.24) is 4.90 Å². The average Bonchev–Trinajstić information content (AvgIpc) is 2.65.